The van der Waals surface area contributed by atoms with Gasteiger partial charge in [0.05, 0.1) is 0 Å². The average molecular weight is 250 g/mol. The number of halogens is 1. The number of nitrogens with one attached hydrogen (secondary N) is 1. The Morgan fingerprint density at radius 3 is 2.18 bits per heavy atom. The van der Waals surface area contributed by atoms with Gasteiger partial charge in [-0.15, -0.1) is 12.4 Å². The molecule has 5 N–H and O–H groups in total. The molecule has 0 unspecified atom stereocenters. The van der Waals surface area contributed by atoms with Crippen LogP contribution >= 0.6 is 12.4 Å². The van der Waals surface area contributed by atoms with E-state index in [2.05, 4.69) is 5.32 Å². The van der Waals surface area contributed by atoms with Gasteiger partial charge in [-0.25, -0.2) is 0 Å². The molecule has 0 bridgehead atoms. The van der Waals surface area contributed by atoms with Crippen molar-refractivity contribution in [2.24, 2.45) is 0 Å². The van der Waals surface area contributed by atoms with E-state index in [1.165, 1.54) is 0 Å². The van der Waals surface area contributed by atoms with Crippen LogP contribution in [0.4, 0.5) is 17.1 Å². The fraction of sp³-hybridized carbons (Fsp3) is 0.0769. The molecule has 3 nitrogen and oxygen atoms in total. The molecule has 0 aromatic heterocycles. The molecule has 0 atom stereocenters. The third-order valence-corrected chi connectivity index (χ3v) is 2.45. The molecule has 0 radical (unpaired) electrons. The first-order valence-corrected chi connectivity index (χ1v) is 5.18. The van der Waals surface area contributed by atoms with Crippen molar-refractivity contribution >= 4 is 29.5 Å². The van der Waals surface area contributed by atoms with Gasteiger partial charge >= 0.3 is 0 Å². The number of nitrogens with two attached hydrogens (primary N) is 2. The van der Waals surface area contributed by atoms with Crippen molar-refractivity contribution in [1.29, 1.82) is 0 Å². The van der Waals surface area contributed by atoms with E-state index >= 15 is 0 Å². The first-order valence-electron chi connectivity index (χ1n) is 5.18. The molecule has 17 heavy (non-hydrogen) atoms. The van der Waals surface area contributed by atoms with Crippen LogP contribution in [0.2, 0.25) is 0 Å². The van der Waals surface area contributed by atoms with Crippen LogP contribution in [-0.4, -0.2) is 0 Å². The molecule has 0 heterocycles. The van der Waals surface area contributed by atoms with E-state index in [9.17, 15) is 0 Å². The van der Waals surface area contributed by atoms with Crippen LogP contribution in [0, 0.1) is 0 Å². The molecule has 2 aromatic rings. The lowest BCUT2D eigenvalue weighted by Crippen LogP contribution is -2.02. The highest BCUT2D eigenvalue weighted by molar-refractivity contribution is 5.85. The van der Waals surface area contributed by atoms with Gasteiger partial charge in [0.15, 0.2) is 0 Å². The Bertz CT molecular complexity index is 468. The van der Waals surface area contributed by atoms with Gasteiger partial charge in [-0.1, -0.05) is 18.2 Å². The van der Waals surface area contributed by atoms with Crippen molar-refractivity contribution in [3.05, 3.63) is 54.1 Å². The maximum Gasteiger partial charge on any atom is 0.0421 e. The van der Waals surface area contributed by atoms with Gasteiger partial charge in [-0.2, -0.15) is 0 Å². The van der Waals surface area contributed by atoms with E-state index in [-0.39, 0.29) is 12.4 Å². The van der Waals surface area contributed by atoms with E-state index in [0.29, 0.717) is 0 Å². The molecule has 2 rings (SSSR count). The minimum Gasteiger partial charge on any atom is -0.399 e. The molecule has 0 amide bonds. The number of hydrogen-bond acceptors (Lipinski definition) is 3. The second-order valence-corrected chi connectivity index (χ2v) is 3.67. The highest BCUT2D eigenvalue weighted by atomic mass is 35.5. The molecule has 0 spiro atoms. The predicted molar refractivity (Wildman–Crippen MR) is 76.3 cm³/mol. The highest BCUT2D eigenvalue weighted by Crippen LogP contribution is 2.15. The highest BCUT2D eigenvalue weighted by Gasteiger charge is 1.97. The molecule has 90 valence electrons. The molecule has 0 saturated carbocycles. The summed E-state index contributed by atoms with van der Waals surface area (Å²) in [4.78, 5) is 0. The molecule has 0 fully saturated rings. The predicted octanol–water partition coefficient (Wildman–Crippen LogP) is 2.88. The summed E-state index contributed by atoms with van der Waals surface area (Å²) in [5.41, 5.74) is 15.2. The van der Waals surface area contributed by atoms with Crippen molar-refractivity contribution in [2.75, 3.05) is 16.8 Å². The summed E-state index contributed by atoms with van der Waals surface area (Å²) in [6.45, 7) is 0.719. The maximum atomic E-state index is 5.85. The fourth-order valence-electron chi connectivity index (χ4n) is 1.49. The Balaban J connectivity index is 0.00000144. The Morgan fingerprint density at radius 1 is 0.882 bits per heavy atom. The summed E-state index contributed by atoms with van der Waals surface area (Å²) in [5, 5.41) is 3.29. The lowest BCUT2D eigenvalue weighted by Gasteiger charge is -2.08. The quantitative estimate of drug-likeness (QED) is 0.733. The SMILES string of the molecule is Cl.Nc1ccc(NCc2ccccc2N)cc1. The van der Waals surface area contributed by atoms with Crippen molar-refractivity contribution in [2.45, 2.75) is 6.54 Å². The molecule has 0 aliphatic heterocycles. The summed E-state index contributed by atoms with van der Waals surface area (Å²) in [5.74, 6) is 0. The van der Waals surface area contributed by atoms with E-state index < -0.39 is 0 Å². The summed E-state index contributed by atoms with van der Waals surface area (Å²) in [7, 11) is 0. The molecule has 0 saturated heterocycles. The van der Waals surface area contributed by atoms with Crippen LogP contribution in [0.15, 0.2) is 48.5 Å². The monoisotopic (exact) mass is 249 g/mol. The van der Waals surface area contributed by atoms with Gasteiger partial charge in [-0.05, 0) is 35.9 Å². The van der Waals surface area contributed by atoms with Crippen molar-refractivity contribution in [3.63, 3.8) is 0 Å². The zero-order valence-electron chi connectivity index (χ0n) is 9.39. The van der Waals surface area contributed by atoms with Crippen LogP contribution in [0.25, 0.3) is 0 Å². The summed E-state index contributed by atoms with van der Waals surface area (Å²) in [6.07, 6.45) is 0. The fourth-order valence-corrected chi connectivity index (χ4v) is 1.49. The van der Waals surface area contributed by atoms with Crippen molar-refractivity contribution < 1.29 is 0 Å². The van der Waals surface area contributed by atoms with Gasteiger partial charge in [0.25, 0.3) is 0 Å². The molecule has 2 aromatic carbocycles. The van der Waals surface area contributed by atoms with Crippen LogP contribution in [0.3, 0.4) is 0 Å². The van der Waals surface area contributed by atoms with Gasteiger partial charge in [-0.3, -0.25) is 0 Å². The van der Waals surface area contributed by atoms with E-state index in [0.717, 1.165) is 29.2 Å². The summed E-state index contributed by atoms with van der Waals surface area (Å²) >= 11 is 0. The smallest absolute Gasteiger partial charge is 0.0421 e. The van der Waals surface area contributed by atoms with Crippen LogP contribution in [-0.2, 0) is 6.54 Å². The third kappa shape index (κ3) is 3.57. The third-order valence-electron chi connectivity index (χ3n) is 2.45. The molecule has 0 aliphatic carbocycles. The Labute approximate surface area is 107 Å². The lowest BCUT2D eigenvalue weighted by molar-refractivity contribution is 1.15. The first-order chi connectivity index (χ1) is 7.75. The number of hydrogen-bond donors (Lipinski definition) is 3. The second-order valence-electron chi connectivity index (χ2n) is 3.67. The zero-order chi connectivity index (χ0) is 11.4. The average Bonchev–Trinajstić information content (AvgIpc) is 2.30. The van der Waals surface area contributed by atoms with Crippen molar-refractivity contribution in [1.82, 2.24) is 0 Å². The number of para-hydroxylation sites is 1. The largest absolute Gasteiger partial charge is 0.399 e. The second kappa shape index (κ2) is 6.01. The number of benzene rings is 2. The van der Waals surface area contributed by atoms with Gasteiger partial charge in [0.2, 0.25) is 0 Å². The molecule has 4 heteroatoms. The van der Waals surface area contributed by atoms with Crippen LogP contribution < -0.4 is 16.8 Å². The Kier molecular flexibility index (Phi) is 4.67. The standard InChI is InChI=1S/C13H15N3.ClH/c14-11-5-7-12(8-6-11)16-9-10-3-1-2-4-13(10)15;/h1-8,16H,9,14-15H2;1H. The van der Waals surface area contributed by atoms with Gasteiger partial charge in [0.1, 0.15) is 0 Å². The Morgan fingerprint density at radius 2 is 1.53 bits per heavy atom. The molecular formula is C13H16ClN3. The number of anilines is 3. The van der Waals surface area contributed by atoms with Crippen LogP contribution in [0.1, 0.15) is 5.56 Å². The number of nitrogen functional groups attached to an aromatic ring is 2. The Hall–Kier alpha value is -1.87. The summed E-state index contributed by atoms with van der Waals surface area (Å²) < 4.78 is 0. The van der Waals surface area contributed by atoms with Crippen LogP contribution in [0.5, 0.6) is 0 Å². The minimum absolute atomic E-state index is 0. The van der Waals surface area contributed by atoms with E-state index in [1.54, 1.807) is 0 Å². The lowest BCUT2D eigenvalue weighted by atomic mass is 10.2. The van der Waals surface area contributed by atoms with Crippen molar-refractivity contribution in [3.8, 4) is 0 Å². The first kappa shape index (κ1) is 13.2. The molecular weight excluding hydrogens is 234 g/mol. The molecule has 0 aliphatic rings. The zero-order valence-corrected chi connectivity index (χ0v) is 10.2. The maximum absolute atomic E-state index is 5.85. The van der Waals surface area contributed by atoms with Gasteiger partial charge in [0, 0.05) is 23.6 Å². The van der Waals surface area contributed by atoms with Gasteiger partial charge < -0.3 is 16.8 Å². The normalized spacial score (nSPS) is 9.41. The van der Waals surface area contributed by atoms with E-state index in [1.807, 2.05) is 48.5 Å². The summed E-state index contributed by atoms with van der Waals surface area (Å²) in [6, 6.07) is 15.5. The minimum atomic E-state index is 0. The topological polar surface area (TPSA) is 64.1 Å². The van der Waals surface area contributed by atoms with E-state index in [4.69, 9.17) is 11.5 Å². The number of rotatable bonds is 3.